The quantitative estimate of drug-likeness (QED) is 0.0222. The number of carbonyl (C=O) groups excluding carboxylic acids is 4. The average molecular weight is 1540 g/mol. The molecule has 0 rings (SSSR count). The fourth-order valence-corrected chi connectivity index (χ4v) is 14.9. The molecule has 0 radical (unpaired) electrons. The molecule has 3 N–H and O–H groups in total. The van der Waals surface area contributed by atoms with Crippen molar-refractivity contribution in [2.45, 2.75) is 471 Å². The van der Waals surface area contributed by atoms with Crippen molar-refractivity contribution in [2.75, 3.05) is 39.6 Å². The molecule has 0 heterocycles. The molecule has 0 aliphatic rings. The van der Waals surface area contributed by atoms with Gasteiger partial charge in [-0.2, -0.15) is 0 Å². The van der Waals surface area contributed by atoms with E-state index in [1.807, 2.05) is 0 Å². The van der Waals surface area contributed by atoms with Gasteiger partial charge in [0.25, 0.3) is 0 Å². The van der Waals surface area contributed by atoms with Gasteiger partial charge in [-0.05, 0) is 43.4 Å². The predicted molar refractivity (Wildman–Crippen MR) is 432 cm³/mol. The molecule has 2 unspecified atom stereocenters. The van der Waals surface area contributed by atoms with Crippen LogP contribution in [0.4, 0.5) is 0 Å². The number of unbranched alkanes of at least 4 members (excludes halogenated alkanes) is 52. The number of aliphatic hydroxyl groups excluding tert-OH is 1. The lowest BCUT2D eigenvalue weighted by molar-refractivity contribution is -0.161. The van der Waals surface area contributed by atoms with Gasteiger partial charge in [-0.1, -0.05) is 402 Å². The summed E-state index contributed by atoms with van der Waals surface area (Å²) in [5.74, 6) is 0.281. The smallest absolute Gasteiger partial charge is 0.462 e. The maximum atomic E-state index is 13.2. The molecule has 0 saturated carbocycles. The summed E-state index contributed by atoms with van der Waals surface area (Å²) in [5, 5.41) is 10.7. The summed E-state index contributed by atoms with van der Waals surface area (Å²) in [7, 11) is -9.93. The van der Waals surface area contributed by atoms with Crippen LogP contribution in [0, 0.1) is 17.8 Å². The first-order valence-corrected chi connectivity index (χ1v) is 47.3. The predicted octanol–water partition coefficient (Wildman–Crippen LogP) is 26.1. The maximum absolute atomic E-state index is 13.2. The van der Waals surface area contributed by atoms with Crippen molar-refractivity contribution < 1.29 is 80.2 Å². The van der Waals surface area contributed by atoms with E-state index in [0.717, 1.165) is 108 Å². The fourth-order valence-electron chi connectivity index (χ4n) is 13.4. The lowest BCUT2D eigenvalue weighted by Crippen LogP contribution is -2.30. The molecule has 105 heavy (non-hydrogen) atoms. The van der Waals surface area contributed by atoms with Gasteiger partial charge in [0, 0.05) is 25.7 Å². The third-order valence-corrected chi connectivity index (χ3v) is 22.0. The van der Waals surface area contributed by atoms with Gasteiger partial charge in [-0.25, -0.2) is 9.13 Å². The lowest BCUT2D eigenvalue weighted by Gasteiger charge is -2.21. The van der Waals surface area contributed by atoms with Crippen LogP contribution in [0.3, 0.4) is 0 Å². The van der Waals surface area contributed by atoms with Crippen LogP contribution in [-0.4, -0.2) is 96.7 Å². The highest BCUT2D eigenvalue weighted by Crippen LogP contribution is 2.45. The third kappa shape index (κ3) is 79.9. The molecule has 0 bridgehead atoms. The van der Waals surface area contributed by atoms with Gasteiger partial charge in [-0.3, -0.25) is 37.3 Å². The van der Waals surface area contributed by atoms with Crippen molar-refractivity contribution in [1.29, 1.82) is 0 Å². The molecule has 0 fully saturated rings. The topological polar surface area (TPSA) is 237 Å². The van der Waals surface area contributed by atoms with Crippen LogP contribution in [0.15, 0.2) is 0 Å². The SMILES string of the molecule is CCCCCCCCCCCCCCC(=O)OC[C@H](COP(=O)(O)OC[C@H](O)COP(=O)(O)OC[C@@H](COC(=O)CCCCCCCCCCCCCCCCCCC(C)C)OC(=O)CCCCCCCCCCCCCCCCCCCCC(C)C)OC(=O)CCCCCCCCCCCCC(C)C. The molecular weight excluding hydrogens is 1370 g/mol. The molecule has 0 aromatic carbocycles. The van der Waals surface area contributed by atoms with Crippen molar-refractivity contribution in [3.05, 3.63) is 0 Å². The minimum absolute atomic E-state index is 0.106. The number of phosphoric acid groups is 2. The van der Waals surface area contributed by atoms with E-state index < -0.39 is 97.5 Å². The fraction of sp³-hybridized carbons (Fsp3) is 0.953. The van der Waals surface area contributed by atoms with Crippen LogP contribution in [0.25, 0.3) is 0 Å². The Hall–Kier alpha value is -1.94. The first kappa shape index (κ1) is 103. The number of hydrogen-bond donors (Lipinski definition) is 3. The number of aliphatic hydroxyl groups is 1. The van der Waals surface area contributed by atoms with Gasteiger partial charge in [0.05, 0.1) is 26.4 Å². The average Bonchev–Trinajstić information content (AvgIpc) is 0.928. The minimum atomic E-state index is -4.97. The molecule has 0 saturated heterocycles. The van der Waals surface area contributed by atoms with E-state index in [0.29, 0.717) is 25.7 Å². The normalized spacial score (nSPS) is 13.9. The van der Waals surface area contributed by atoms with Crippen LogP contribution in [0.5, 0.6) is 0 Å². The summed E-state index contributed by atoms with van der Waals surface area (Å²) in [6, 6.07) is 0. The van der Waals surface area contributed by atoms with Crippen molar-refractivity contribution >= 4 is 39.5 Å². The molecule has 19 heteroatoms. The minimum Gasteiger partial charge on any atom is -0.462 e. The second kappa shape index (κ2) is 76.1. The molecule has 0 amide bonds. The monoisotopic (exact) mass is 1540 g/mol. The second-order valence-electron chi connectivity index (χ2n) is 32.4. The summed E-state index contributed by atoms with van der Waals surface area (Å²) in [5.41, 5.74) is 0. The zero-order chi connectivity index (χ0) is 77.2. The lowest BCUT2D eigenvalue weighted by atomic mass is 10.0. The van der Waals surface area contributed by atoms with Gasteiger partial charge < -0.3 is 33.8 Å². The standard InChI is InChI=1S/C86H168O17P2/c1-8-9-10-11-12-13-14-31-39-46-53-60-67-83(88)96-74-82(103-86(91)70-63-56-49-42-35-34-38-45-52-59-66-79(6)7)76-101-105(94,95)99-72-80(87)71-98-104(92,93)100-75-81(73-97-84(89)68-61-54-47-40-32-27-23-20-19-22-26-30-37-44-51-58-65-78(4)5)102-85(90)69-62-55-48-41-33-28-24-18-16-15-17-21-25-29-36-43-50-57-64-77(2)3/h77-82,87H,8-76H2,1-7H3,(H,92,93)(H,94,95)/t80-,81-,82-/m1/s1. The Morgan fingerprint density at radius 1 is 0.257 bits per heavy atom. The van der Waals surface area contributed by atoms with Gasteiger partial charge >= 0.3 is 39.5 Å². The van der Waals surface area contributed by atoms with E-state index in [4.69, 9.17) is 37.0 Å². The number of esters is 4. The highest BCUT2D eigenvalue weighted by molar-refractivity contribution is 7.47. The molecule has 0 aromatic rings. The van der Waals surface area contributed by atoms with Gasteiger partial charge in [0.1, 0.15) is 19.3 Å². The zero-order valence-corrected chi connectivity index (χ0v) is 71.0. The third-order valence-electron chi connectivity index (χ3n) is 20.1. The van der Waals surface area contributed by atoms with E-state index in [1.165, 1.54) is 263 Å². The molecule has 17 nitrogen and oxygen atoms in total. The van der Waals surface area contributed by atoms with Crippen LogP contribution in [0.2, 0.25) is 0 Å². The van der Waals surface area contributed by atoms with Gasteiger partial charge in [-0.15, -0.1) is 0 Å². The Morgan fingerprint density at radius 3 is 0.648 bits per heavy atom. The summed E-state index contributed by atoms with van der Waals surface area (Å²) >= 11 is 0. The van der Waals surface area contributed by atoms with E-state index in [2.05, 4.69) is 48.5 Å². The first-order valence-electron chi connectivity index (χ1n) is 44.3. The van der Waals surface area contributed by atoms with Crippen LogP contribution >= 0.6 is 15.6 Å². The number of carbonyl (C=O) groups is 4. The van der Waals surface area contributed by atoms with Crippen molar-refractivity contribution in [2.24, 2.45) is 17.8 Å². The molecule has 624 valence electrons. The number of hydrogen-bond acceptors (Lipinski definition) is 15. The highest BCUT2D eigenvalue weighted by atomic mass is 31.2. The Morgan fingerprint density at radius 2 is 0.438 bits per heavy atom. The van der Waals surface area contributed by atoms with Gasteiger partial charge in [0.15, 0.2) is 12.2 Å². The van der Waals surface area contributed by atoms with Crippen LogP contribution in [0.1, 0.15) is 453 Å². The van der Waals surface area contributed by atoms with Crippen molar-refractivity contribution in [1.82, 2.24) is 0 Å². The maximum Gasteiger partial charge on any atom is 0.472 e. The molecular formula is C86H168O17P2. The number of phosphoric ester groups is 2. The van der Waals surface area contributed by atoms with Crippen molar-refractivity contribution in [3.8, 4) is 0 Å². The molecule has 0 aliphatic heterocycles. The zero-order valence-electron chi connectivity index (χ0n) is 69.2. The largest absolute Gasteiger partial charge is 0.472 e. The van der Waals surface area contributed by atoms with E-state index >= 15 is 0 Å². The Balaban J connectivity index is 5.24. The highest BCUT2D eigenvalue weighted by Gasteiger charge is 2.30. The van der Waals surface area contributed by atoms with Gasteiger partial charge in [0.2, 0.25) is 0 Å². The van der Waals surface area contributed by atoms with E-state index in [1.54, 1.807) is 0 Å². The molecule has 5 atom stereocenters. The molecule has 0 aliphatic carbocycles. The Labute approximate surface area is 645 Å². The summed E-state index contributed by atoms with van der Waals surface area (Å²) in [6.07, 6.45) is 66.6. The Bertz CT molecular complexity index is 2030. The molecule has 0 aromatic heterocycles. The second-order valence-corrected chi connectivity index (χ2v) is 35.3. The van der Waals surface area contributed by atoms with Crippen LogP contribution in [-0.2, 0) is 65.4 Å². The Kier molecular flexibility index (Phi) is 74.7. The first-order chi connectivity index (χ1) is 50.7. The van der Waals surface area contributed by atoms with Crippen LogP contribution < -0.4 is 0 Å². The van der Waals surface area contributed by atoms with E-state index in [9.17, 15) is 43.2 Å². The van der Waals surface area contributed by atoms with Crippen molar-refractivity contribution in [3.63, 3.8) is 0 Å². The summed E-state index contributed by atoms with van der Waals surface area (Å²) in [4.78, 5) is 73.2. The summed E-state index contributed by atoms with van der Waals surface area (Å²) in [6.45, 7) is 12.0. The number of ether oxygens (including phenoxy) is 4. The van der Waals surface area contributed by atoms with E-state index in [-0.39, 0.29) is 25.7 Å². The summed E-state index contributed by atoms with van der Waals surface area (Å²) < 4.78 is 68.9. The molecule has 0 spiro atoms. The number of rotatable bonds is 84.